The van der Waals surface area contributed by atoms with E-state index >= 15 is 0 Å². The predicted octanol–water partition coefficient (Wildman–Crippen LogP) is 3.64. The number of hydrogen-bond acceptors (Lipinski definition) is 3. The highest BCUT2D eigenvalue weighted by atomic mass is 35.5. The zero-order chi connectivity index (χ0) is 10.8. The lowest BCUT2D eigenvalue weighted by Crippen LogP contribution is -1.77. The van der Waals surface area contributed by atoms with Crippen molar-refractivity contribution < 1.29 is 0 Å². The van der Waals surface area contributed by atoms with Crippen LogP contribution < -0.4 is 0 Å². The summed E-state index contributed by atoms with van der Waals surface area (Å²) in [5, 5.41) is 9.95. The van der Waals surface area contributed by atoms with E-state index in [0.29, 0.717) is 10.0 Å². The molecular weight excluding hydrogens is 228 g/mol. The fourth-order valence-corrected chi connectivity index (χ4v) is 2.31. The summed E-state index contributed by atoms with van der Waals surface area (Å²) in [6.45, 7) is 1.90. The van der Waals surface area contributed by atoms with Crippen LogP contribution >= 0.6 is 22.9 Å². The lowest BCUT2D eigenvalue weighted by atomic mass is 10.2. The van der Waals surface area contributed by atoms with Gasteiger partial charge in [-0.2, -0.15) is 5.26 Å². The van der Waals surface area contributed by atoms with Crippen molar-refractivity contribution in [2.45, 2.75) is 6.92 Å². The van der Waals surface area contributed by atoms with Gasteiger partial charge in [-0.15, -0.1) is 11.3 Å². The van der Waals surface area contributed by atoms with Crippen LogP contribution in [0.3, 0.4) is 0 Å². The van der Waals surface area contributed by atoms with Gasteiger partial charge in [-0.05, 0) is 24.6 Å². The first-order chi connectivity index (χ1) is 7.20. The Morgan fingerprint density at radius 3 is 2.53 bits per heavy atom. The topological polar surface area (TPSA) is 36.7 Å². The Labute approximate surface area is 96.8 Å². The Balaban J connectivity index is 2.50. The number of benzene rings is 1. The zero-order valence-electron chi connectivity index (χ0n) is 7.99. The number of aryl methyl sites for hydroxylation is 1. The van der Waals surface area contributed by atoms with Crippen molar-refractivity contribution >= 4 is 22.9 Å². The second kappa shape index (κ2) is 4.01. The molecule has 0 radical (unpaired) electrons. The quantitative estimate of drug-likeness (QED) is 0.755. The summed E-state index contributed by atoms with van der Waals surface area (Å²) < 4.78 is 0. The van der Waals surface area contributed by atoms with E-state index in [1.165, 1.54) is 11.3 Å². The molecule has 0 fully saturated rings. The van der Waals surface area contributed by atoms with E-state index < -0.39 is 0 Å². The Hall–Kier alpha value is -1.37. The molecule has 2 rings (SSSR count). The molecule has 0 saturated heterocycles. The molecule has 2 nitrogen and oxygen atoms in total. The fourth-order valence-electron chi connectivity index (χ4n) is 1.31. The van der Waals surface area contributed by atoms with E-state index in [4.69, 9.17) is 16.9 Å². The second-order valence-corrected chi connectivity index (χ2v) is 4.49. The molecule has 0 aliphatic carbocycles. The molecule has 74 valence electrons. The molecule has 1 heterocycles. The van der Waals surface area contributed by atoms with E-state index in [2.05, 4.69) is 11.1 Å². The summed E-state index contributed by atoms with van der Waals surface area (Å²) in [5.41, 5.74) is 1.94. The lowest BCUT2D eigenvalue weighted by molar-refractivity contribution is 1.24. The smallest absolute Gasteiger partial charge is 0.195 e. The summed E-state index contributed by atoms with van der Waals surface area (Å²) in [7, 11) is 0. The maximum atomic E-state index is 8.74. The van der Waals surface area contributed by atoms with Crippen LogP contribution in [0.25, 0.3) is 10.4 Å². The molecule has 0 amide bonds. The summed E-state index contributed by atoms with van der Waals surface area (Å²) in [4.78, 5) is 5.18. The van der Waals surface area contributed by atoms with Gasteiger partial charge < -0.3 is 0 Å². The normalized spacial score (nSPS) is 9.93. The average molecular weight is 235 g/mol. The number of hydrogen-bond donors (Lipinski definition) is 0. The number of nitrogens with zero attached hydrogens (tertiary/aromatic N) is 2. The van der Waals surface area contributed by atoms with Gasteiger partial charge in [0.25, 0.3) is 0 Å². The van der Waals surface area contributed by atoms with E-state index in [9.17, 15) is 0 Å². The van der Waals surface area contributed by atoms with Crippen molar-refractivity contribution in [1.82, 2.24) is 4.98 Å². The molecule has 0 aliphatic heterocycles. The van der Waals surface area contributed by atoms with Gasteiger partial charge in [0.1, 0.15) is 6.07 Å². The van der Waals surface area contributed by atoms with Gasteiger partial charge in [-0.3, -0.25) is 0 Å². The monoisotopic (exact) mass is 234 g/mol. The van der Waals surface area contributed by atoms with Gasteiger partial charge >= 0.3 is 0 Å². The molecule has 0 spiro atoms. The Morgan fingerprint density at radius 2 is 2.00 bits per heavy atom. The maximum Gasteiger partial charge on any atom is 0.195 e. The number of nitriles is 1. The summed E-state index contributed by atoms with van der Waals surface area (Å²) in [6, 6.07) is 9.59. The molecule has 0 unspecified atom stereocenters. The largest absolute Gasteiger partial charge is 0.231 e. The molecule has 1 aromatic carbocycles. The van der Waals surface area contributed by atoms with Gasteiger partial charge in [0.15, 0.2) is 5.01 Å². The molecule has 0 atom stereocenters. The number of aromatic nitrogens is 1. The van der Waals surface area contributed by atoms with Crippen molar-refractivity contribution in [3.05, 3.63) is 40.0 Å². The minimum Gasteiger partial charge on any atom is -0.231 e. The van der Waals surface area contributed by atoms with E-state index in [1.54, 1.807) is 0 Å². The SMILES string of the molecule is Cc1nc(C#N)sc1-c1ccc(Cl)cc1. The third-order valence-electron chi connectivity index (χ3n) is 2.00. The summed E-state index contributed by atoms with van der Waals surface area (Å²) >= 11 is 7.21. The summed E-state index contributed by atoms with van der Waals surface area (Å²) in [6.07, 6.45) is 0. The molecule has 0 saturated carbocycles. The van der Waals surface area contributed by atoms with Crippen LogP contribution in [0.2, 0.25) is 5.02 Å². The van der Waals surface area contributed by atoms with Crippen molar-refractivity contribution in [3.8, 4) is 16.5 Å². The standard InChI is InChI=1S/C11H7ClN2S/c1-7-11(15-10(6-13)14-7)8-2-4-9(12)5-3-8/h2-5H,1H3. The molecule has 15 heavy (non-hydrogen) atoms. The van der Waals surface area contributed by atoms with Crippen LogP contribution in [0.1, 0.15) is 10.7 Å². The molecule has 1 aromatic heterocycles. The predicted molar refractivity (Wildman–Crippen MR) is 62.0 cm³/mol. The van der Waals surface area contributed by atoms with Crippen LogP contribution in [0.5, 0.6) is 0 Å². The van der Waals surface area contributed by atoms with Crippen molar-refractivity contribution in [2.75, 3.05) is 0 Å². The molecule has 0 aliphatic rings. The molecular formula is C11H7ClN2S. The van der Waals surface area contributed by atoms with Gasteiger partial charge in [-0.25, -0.2) is 4.98 Å². The van der Waals surface area contributed by atoms with Crippen molar-refractivity contribution in [1.29, 1.82) is 5.26 Å². The number of rotatable bonds is 1. The highest BCUT2D eigenvalue weighted by Crippen LogP contribution is 2.30. The fraction of sp³-hybridized carbons (Fsp3) is 0.0909. The van der Waals surface area contributed by atoms with Crippen LogP contribution in [0.4, 0.5) is 0 Å². The second-order valence-electron chi connectivity index (χ2n) is 3.05. The third kappa shape index (κ3) is 2.01. The van der Waals surface area contributed by atoms with Crippen LogP contribution in [0, 0.1) is 18.3 Å². The first kappa shape index (κ1) is 10.2. The molecule has 0 bridgehead atoms. The van der Waals surface area contributed by atoms with Crippen molar-refractivity contribution in [2.24, 2.45) is 0 Å². The third-order valence-corrected chi connectivity index (χ3v) is 3.36. The Bertz CT molecular complexity index is 523. The van der Waals surface area contributed by atoms with E-state index in [1.807, 2.05) is 31.2 Å². The van der Waals surface area contributed by atoms with Gasteiger partial charge in [0.2, 0.25) is 0 Å². The highest BCUT2D eigenvalue weighted by Gasteiger charge is 2.08. The van der Waals surface area contributed by atoms with Crippen LogP contribution in [-0.2, 0) is 0 Å². The first-order valence-corrected chi connectivity index (χ1v) is 5.53. The molecule has 4 heteroatoms. The maximum absolute atomic E-state index is 8.74. The van der Waals surface area contributed by atoms with Crippen LogP contribution in [-0.4, -0.2) is 4.98 Å². The van der Waals surface area contributed by atoms with Crippen molar-refractivity contribution in [3.63, 3.8) is 0 Å². The Kier molecular flexibility index (Phi) is 2.72. The Morgan fingerprint density at radius 1 is 1.33 bits per heavy atom. The molecule has 2 aromatic rings. The highest BCUT2D eigenvalue weighted by molar-refractivity contribution is 7.15. The van der Waals surface area contributed by atoms with E-state index in [-0.39, 0.29) is 0 Å². The minimum atomic E-state index is 0.498. The van der Waals surface area contributed by atoms with E-state index in [0.717, 1.165) is 16.1 Å². The van der Waals surface area contributed by atoms with Gasteiger partial charge in [0, 0.05) is 5.02 Å². The van der Waals surface area contributed by atoms with Gasteiger partial charge in [0.05, 0.1) is 10.6 Å². The number of thiazole rings is 1. The first-order valence-electron chi connectivity index (χ1n) is 4.34. The summed E-state index contributed by atoms with van der Waals surface area (Å²) in [5.74, 6) is 0. The van der Waals surface area contributed by atoms with Crippen LogP contribution in [0.15, 0.2) is 24.3 Å². The van der Waals surface area contributed by atoms with Gasteiger partial charge in [-0.1, -0.05) is 23.7 Å². The molecule has 0 N–H and O–H groups in total. The number of halogens is 1. The minimum absolute atomic E-state index is 0.498. The lowest BCUT2D eigenvalue weighted by Gasteiger charge is -1.97. The zero-order valence-corrected chi connectivity index (χ0v) is 9.56. The average Bonchev–Trinajstić information content (AvgIpc) is 2.61.